The molecule has 4 aliphatic rings. The molecule has 1 aromatic rings. The van der Waals surface area contributed by atoms with E-state index in [0.717, 1.165) is 58.2 Å². The van der Waals surface area contributed by atoms with Crippen molar-refractivity contribution < 1.29 is 19.1 Å². The number of morpholine rings is 1. The summed E-state index contributed by atoms with van der Waals surface area (Å²) < 4.78 is 11.9. The highest BCUT2D eigenvalue weighted by molar-refractivity contribution is 7.10. The van der Waals surface area contributed by atoms with E-state index in [9.17, 15) is 9.59 Å². The van der Waals surface area contributed by atoms with Crippen LogP contribution >= 0.6 is 11.3 Å². The fraction of sp³-hybridized carbons (Fsp3) is 0.700. The van der Waals surface area contributed by atoms with Gasteiger partial charge in [0.25, 0.3) is 0 Å². The summed E-state index contributed by atoms with van der Waals surface area (Å²) in [6.07, 6.45) is 5.14. The quantitative estimate of drug-likeness (QED) is 0.794. The van der Waals surface area contributed by atoms with Crippen LogP contribution in [0.1, 0.15) is 42.5 Å². The van der Waals surface area contributed by atoms with Crippen molar-refractivity contribution in [1.82, 2.24) is 10.2 Å². The molecule has 2 saturated heterocycles. The average Bonchev–Trinajstić information content (AvgIpc) is 3.18. The summed E-state index contributed by atoms with van der Waals surface area (Å²) in [4.78, 5) is 28.0. The van der Waals surface area contributed by atoms with Crippen molar-refractivity contribution in [2.75, 3.05) is 26.3 Å². The number of thiophene rings is 1. The van der Waals surface area contributed by atoms with Crippen molar-refractivity contribution in [2.45, 2.75) is 56.3 Å². The van der Waals surface area contributed by atoms with Crippen molar-refractivity contribution >= 4 is 23.2 Å². The Labute approximate surface area is 163 Å². The summed E-state index contributed by atoms with van der Waals surface area (Å²) in [5.74, 6) is 0.230. The zero-order valence-electron chi connectivity index (χ0n) is 15.4. The molecular formula is C20H26N2O4S. The maximum Gasteiger partial charge on any atom is 0.246 e. The van der Waals surface area contributed by atoms with E-state index in [1.807, 2.05) is 4.90 Å². The second kappa shape index (κ2) is 6.87. The molecule has 6 nitrogen and oxygen atoms in total. The summed E-state index contributed by atoms with van der Waals surface area (Å²) >= 11 is 1.80. The van der Waals surface area contributed by atoms with Gasteiger partial charge in [0.1, 0.15) is 12.2 Å². The van der Waals surface area contributed by atoms with E-state index in [0.29, 0.717) is 0 Å². The minimum Gasteiger partial charge on any atom is -0.369 e. The molecule has 0 bridgehead atoms. The van der Waals surface area contributed by atoms with E-state index in [1.54, 1.807) is 11.3 Å². The lowest BCUT2D eigenvalue weighted by atomic mass is 9.81. The van der Waals surface area contributed by atoms with Crippen molar-refractivity contribution in [1.29, 1.82) is 0 Å². The fourth-order valence-corrected chi connectivity index (χ4v) is 6.37. The Morgan fingerprint density at radius 2 is 2.15 bits per heavy atom. The minimum atomic E-state index is -0.174. The van der Waals surface area contributed by atoms with Crippen LogP contribution in [0.25, 0.3) is 0 Å². The van der Waals surface area contributed by atoms with E-state index in [2.05, 4.69) is 16.8 Å². The predicted molar refractivity (Wildman–Crippen MR) is 100 cm³/mol. The number of hydrogen-bond donors (Lipinski definition) is 1. The Kier molecular flexibility index (Phi) is 4.49. The first-order chi connectivity index (χ1) is 13.1. The topological polar surface area (TPSA) is 67.9 Å². The number of likely N-dealkylation sites (tertiary alicyclic amines) is 1. The number of carbonyl (C=O) groups excluding carboxylic acids is 2. The Morgan fingerprint density at radius 1 is 1.30 bits per heavy atom. The number of rotatable bonds is 1. The maximum absolute atomic E-state index is 13.1. The molecule has 0 unspecified atom stereocenters. The molecule has 1 N–H and O–H groups in total. The van der Waals surface area contributed by atoms with Crippen molar-refractivity contribution in [3.8, 4) is 0 Å². The first-order valence-corrected chi connectivity index (χ1v) is 10.9. The highest BCUT2D eigenvalue weighted by atomic mass is 32.1. The highest BCUT2D eigenvalue weighted by Crippen LogP contribution is 2.44. The molecule has 7 heteroatoms. The molecular weight excluding hydrogens is 364 g/mol. The number of hydrogen-bond acceptors (Lipinski definition) is 5. The van der Waals surface area contributed by atoms with E-state index >= 15 is 0 Å². The summed E-state index contributed by atoms with van der Waals surface area (Å²) in [5, 5.41) is 5.17. The molecule has 27 heavy (non-hydrogen) atoms. The number of piperidine rings is 1. The summed E-state index contributed by atoms with van der Waals surface area (Å²) in [6.45, 7) is 2.43. The second-order valence-corrected chi connectivity index (χ2v) is 9.14. The number of amides is 2. The smallest absolute Gasteiger partial charge is 0.246 e. The fourth-order valence-electron chi connectivity index (χ4n) is 5.21. The number of fused-ring (bicyclic) bond motifs is 3. The Bertz CT molecular complexity index is 740. The van der Waals surface area contributed by atoms with Gasteiger partial charge in [-0.3, -0.25) is 9.59 Å². The first kappa shape index (κ1) is 17.6. The predicted octanol–water partition coefficient (Wildman–Crippen LogP) is 1.82. The van der Waals surface area contributed by atoms with Crippen LogP contribution < -0.4 is 5.32 Å². The monoisotopic (exact) mass is 390 g/mol. The molecule has 1 spiro atoms. The number of ether oxygens (including phenoxy) is 2. The normalized spacial score (nSPS) is 32.5. The second-order valence-electron chi connectivity index (χ2n) is 8.23. The van der Waals surface area contributed by atoms with Crippen molar-refractivity contribution in [2.24, 2.45) is 5.92 Å². The van der Waals surface area contributed by atoms with Gasteiger partial charge < -0.3 is 19.7 Å². The van der Waals surface area contributed by atoms with Gasteiger partial charge in [-0.2, -0.15) is 0 Å². The zero-order valence-corrected chi connectivity index (χ0v) is 16.3. The standard InChI is InChI=1S/C20H26N2O4S/c23-17-12-25-16-11-14(1-2-15(16)21-17)19(24)22-7-5-20(6-8-22)18-13(3-9-26-20)4-10-27-18/h4,10,14-16H,1-3,5-9,11-12H2,(H,21,23)/t14-,15-,16-/m0/s1. The highest BCUT2D eigenvalue weighted by Gasteiger charge is 2.44. The maximum atomic E-state index is 13.1. The molecule has 5 rings (SSSR count). The van der Waals surface area contributed by atoms with Gasteiger partial charge in [-0.15, -0.1) is 11.3 Å². The van der Waals surface area contributed by atoms with E-state index in [1.165, 1.54) is 10.4 Å². The van der Waals surface area contributed by atoms with E-state index < -0.39 is 0 Å². The number of carbonyl (C=O) groups is 2. The molecule has 3 aliphatic heterocycles. The third kappa shape index (κ3) is 3.09. The Balaban J connectivity index is 1.22. The summed E-state index contributed by atoms with van der Waals surface area (Å²) in [6, 6.07) is 2.30. The lowest BCUT2D eigenvalue weighted by Gasteiger charge is -2.45. The van der Waals surface area contributed by atoms with Gasteiger partial charge in [-0.1, -0.05) is 0 Å². The van der Waals surface area contributed by atoms with Gasteiger partial charge in [0.05, 0.1) is 18.8 Å². The van der Waals surface area contributed by atoms with Gasteiger partial charge >= 0.3 is 0 Å². The summed E-state index contributed by atoms with van der Waals surface area (Å²) in [7, 11) is 0. The first-order valence-electron chi connectivity index (χ1n) is 10.1. The van der Waals surface area contributed by atoms with Crippen LogP contribution in [0, 0.1) is 5.92 Å². The third-order valence-corrected chi connectivity index (χ3v) is 7.85. The molecule has 0 radical (unpaired) electrons. The Morgan fingerprint density at radius 3 is 3.00 bits per heavy atom. The van der Waals surface area contributed by atoms with Gasteiger partial charge in [-0.05, 0) is 55.5 Å². The lowest BCUT2D eigenvalue weighted by Crippen LogP contribution is -2.56. The van der Waals surface area contributed by atoms with Gasteiger partial charge in [0, 0.05) is 23.9 Å². The average molecular weight is 391 g/mol. The van der Waals surface area contributed by atoms with Crippen LogP contribution in [0.5, 0.6) is 0 Å². The molecule has 146 valence electrons. The number of nitrogens with one attached hydrogen (secondary N) is 1. The molecule has 1 saturated carbocycles. The number of nitrogens with zero attached hydrogens (tertiary/aromatic N) is 1. The zero-order chi connectivity index (χ0) is 18.4. The van der Waals surface area contributed by atoms with Crippen LogP contribution in [0.15, 0.2) is 11.4 Å². The van der Waals surface area contributed by atoms with Crippen LogP contribution in [-0.2, 0) is 31.1 Å². The van der Waals surface area contributed by atoms with Gasteiger partial charge in [0.15, 0.2) is 0 Å². The SMILES string of the molecule is O=C1CO[C@H]2C[C@@H](C(=O)N3CCC4(CC3)OCCc3ccsc34)CC[C@@H]2N1. The van der Waals surface area contributed by atoms with E-state index in [4.69, 9.17) is 9.47 Å². The van der Waals surface area contributed by atoms with Crippen LogP contribution in [0.4, 0.5) is 0 Å². The van der Waals surface area contributed by atoms with Crippen LogP contribution in [0.2, 0.25) is 0 Å². The van der Waals surface area contributed by atoms with Crippen LogP contribution in [0.3, 0.4) is 0 Å². The molecule has 3 fully saturated rings. The minimum absolute atomic E-state index is 0.0138. The van der Waals surface area contributed by atoms with Gasteiger partial charge in [0.2, 0.25) is 11.8 Å². The van der Waals surface area contributed by atoms with Crippen molar-refractivity contribution in [3.05, 3.63) is 21.9 Å². The molecule has 0 aromatic carbocycles. The van der Waals surface area contributed by atoms with Gasteiger partial charge in [-0.25, -0.2) is 0 Å². The summed E-state index contributed by atoms with van der Waals surface area (Å²) in [5.41, 5.74) is 1.26. The largest absolute Gasteiger partial charge is 0.369 e. The molecule has 3 atom stereocenters. The molecule has 2 amide bonds. The lowest BCUT2D eigenvalue weighted by molar-refractivity contribution is -0.151. The molecule has 1 aromatic heterocycles. The van der Waals surface area contributed by atoms with Crippen LogP contribution in [-0.4, -0.2) is 55.2 Å². The Hall–Kier alpha value is -1.44. The molecule has 4 heterocycles. The van der Waals surface area contributed by atoms with E-state index in [-0.39, 0.29) is 42.1 Å². The molecule has 1 aliphatic carbocycles. The third-order valence-electron chi connectivity index (χ3n) is 6.71. The van der Waals surface area contributed by atoms with Crippen molar-refractivity contribution in [3.63, 3.8) is 0 Å².